The highest BCUT2D eigenvalue weighted by Crippen LogP contribution is 2.18. The molecule has 20 heavy (non-hydrogen) atoms. The number of carbonyl (C=O) groups is 1. The Morgan fingerprint density at radius 2 is 2.15 bits per heavy atom. The van der Waals surface area contributed by atoms with Crippen molar-refractivity contribution in [1.82, 2.24) is 10.3 Å². The number of amides is 1. The van der Waals surface area contributed by atoms with Crippen LogP contribution < -0.4 is 5.32 Å². The molecule has 1 heterocycles. The van der Waals surface area contributed by atoms with Gasteiger partial charge in [-0.05, 0) is 30.4 Å². The van der Waals surface area contributed by atoms with Crippen molar-refractivity contribution in [2.45, 2.75) is 40.0 Å². The van der Waals surface area contributed by atoms with Crippen molar-refractivity contribution in [3.8, 4) is 0 Å². The fraction of sp³-hybridized carbons (Fsp3) is 0.600. The number of aliphatic hydroxyl groups is 1. The van der Waals surface area contributed by atoms with E-state index in [1.807, 2.05) is 13.8 Å². The summed E-state index contributed by atoms with van der Waals surface area (Å²) >= 11 is 5.95. The van der Waals surface area contributed by atoms with Gasteiger partial charge in [-0.15, -0.1) is 0 Å². The van der Waals surface area contributed by atoms with Crippen LogP contribution in [0.2, 0.25) is 5.15 Å². The molecule has 1 aromatic rings. The minimum atomic E-state index is -0.155. The van der Waals surface area contributed by atoms with Crippen LogP contribution in [0, 0.1) is 5.41 Å². The predicted molar refractivity (Wildman–Crippen MR) is 81.1 cm³/mol. The molecule has 0 aliphatic rings. The number of carbonyl (C=O) groups excluding carboxylic acids is 1. The van der Waals surface area contributed by atoms with Crippen molar-refractivity contribution < 1.29 is 9.90 Å². The molecule has 4 nitrogen and oxygen atoms in total. The van der Waals surface area contributed by atoms with Gasteiger partial charge in [-0.2, -0.15) is 0 Å². The van der Waals surface area contributed by atoms with Crippen LogP contribution in [0.25, 0.3) is 0 Å². The number of aromatic nitrogens is 1. The van der Waals surface area contributed by atoms with E-state index in [0.29, 0.717) is 23.7 Å². The molecule has 1 amide bonds. The molecule has 0 aromatic carbocycles. The van der Waals surface area contributed by atoms with Crippen LogP contribution in [-0.4, -0.2) is 29.1 Å². The first-order valence-electron chi connectivity index (χ1n) is 6.93. The fourth-order valence-electron chi connectivity index (χ4n) is 1.88. The van der Waals surface area contributed by atoms with Gasteiger partial charge in [-0.25, -0.2) is 4.98 Å². The van der Waals surface area contributed by atoms with Crippen LogP contribution in [0.5, 0.6) is 0 Å². The molecule has 0 aliphatic heterocycles. The van der Waals surface area contributed by atoms with Crippen molar-refractivity contribution in [3.63, 3.8) is 0 Å². The summed E-state index contributed by atoms with van der Waals surface area (Å²) in [7, 11) is 0. The Labute approximate surface area is 125 Å². The lowest BCUT2D eigenvalue weighted by atomic mass is 9.89. The molecule has 0 spiro atoms. The standard InChI is InChI=1S/C15H23ClN2O2/c1-4-5-12-8-11(9-13(16)18-12)14(20)17-10-15(2,3)6-7-19/h8-9,19H,4-7,10H2,1-3H3,(H,17,20). The molecule has 0 bridgehead atoms. The Balaban J connectivity index is 2.72. The molecule has 0 saturated heterocycles. The van der Waals surface area contributed by atoms with Crippen LogP contribution in [0.3, 0.4) is 0 Å². The van der Waals surface area contributed by atoms with E-state index in [9.17, 15) is 4.79 Å². The first kappa shape index (κ1) is 16.9. The van der Waals surface area contributed by atoms with Gasteiger partial charge in [0, 0.05) is 24.4 Å². The highest BCUT2D eigenvalue weighted by atomic mass is 35.5. The van der Waals surface area contributed by atoms with Gasteiger partial charge in [0.25, 0.3) is 5.91 Å². The second-order valence-corrected chi connectivity index (χ2v) is 6.13. The normalized spacial score (nSPS) is 11.4. The van der Waals surface area contributed by atoms with E-state index in [-0.39, 0.29) is 17.9 Å². The summed E-state index contributed by atoms with van der Waals surface area (Å²) < 4.78 is 0. The zero-order valence-corrected chi connectivity index (χ0v) is 13.1. The molecule has 0 radical (unpaired) electrons. The van der Waals surface area contributed by atoms with Crippen LogP contribution in [0.15, 0.2) is 12.1 Å². The maximum atomic E-state index is 12.1. The summed E-state index contributed by atoms with van der Waals surface area (Å²) in [5, 5.41) is 12.2. The number of hydrogen-bond acceptors (Lipinski definition) is 3. The Bertz CT molecular complexity index is 461. The third-order valence-corrected chi connectivity index (χ3v) is 3.33. The van der Waals surface area contributed by atoms with E-state index in [1.54, 1.807) is 12.1 Å². The molecule has 0 atom stereocenters. The molecule has 0 saturated carbocycles. The van der Waals surface area contributed by atoms with Gasteiger partial charge in [0.1, 0.15) is 5.15 Å². The number of aryl methyl sites for hydroxylation is 1. The first-order chi connectivity index (χ1) is 9.38. The smallest absolute Gasteiger partial charge is 0.251 e. The zero-order valence-electron chi connectivity index (χ0n) is 12.4. The lowest BCUT2D eigenvalue weighted by molar-refractivity contribution is 0.0928. The third kappa shape index (κ3) is 5.47. The molecule has 0 aliphatic carbocycles. The molecule has 5 heteroatoms. The van der Waals surface area contributed by atoms with Crippen molar-refractivity contribution in [1.29, 1.82) is 0 Å². The summed E-state index contributed by atoms with van der Waals surface area (Å²) in [5.41, 5.74) is 1.24. The van der Waals surface area contributed by atoms with Gasteiger partial charge >= 0.3 is 0 Å². The molecule has 112 valence electrons. The van der Waals surface area contributed by atoms with Gasteiger partial charge < -0.3 is 10.4 Å². The minimum Gasteiger partial charge on any atom is -0.396 e. The first-order valence-corrected chi connectivity index (χ1v) is 7.31. The number of aliphatic hydroxyl groups excluding tert-OH is 1. The quantitative estimate of drug-likeness (QED) is 0.761. The maximum Gasteiger partial charge on any atom is 0.251 e. The van der Waals surface area contributed by atoms with Gasteiger partial charge in [0.05, 0.1) is 0 Å². The number of pyridine rings is 1. The average molecular weight is 299 g/mol. The van der Waals surface area contributed by atoms with Crippen LogP contribution in [-0.2, 0) is 6.42 Å². The van der Waals surface area contributed by atoms with E-state index in [4.69, 9.17) is 16.7 Å². The second kappa shape index (κ2) is 7.60. The number of hydrogen-bond donors (Lipinski definition) is 2. The summed E-state index contributed by atoms with van der Waals surface area (Å²) in [6.07, 6.45) is 2.40. The van der Waals surface area contributed by atoms with Crippen LogP contribution in [0.4, 0.5) is 0 Å². The van der Waals surface area contributed by atoms with Crippen LogP contribution >= 0.6 is 11.6 Å². The van der Waals surface area contributed by atoms with Crippen molar-refractivity contribution in [2.24, 2.45) is 5.41 Å². The summed E-state index contributed by atoms with van der Waals surface area (Å²) in [5.74, 6) is -0.155. The third-order valence-electron chi connectivity index (χ3n) is 3.13. The zero-order chi connectivity index (χ0) is 15.2. The van der Waals surface area contributed by atoms with E-state index < -0.39 is 0 Å². The Kier molecular flexibility index (Phi) is 6.43. The van der Waals surface area contributed by atoms with Gasteiger partial charge in [-0.3, -0.25) is 4.79 Å². The van der Waals surface area contributed by atoms with Gasteiger partial charge in [0.2, 0.25) is 0 Å². The van der Waals surface area contributed by atoms with E-state index in [2.05, 4.69) is 17.2 Å². The largest absolute Gasteiger partial charge is 0.396 e. The van der Waals surface area contributed by atoms with E-state index in [1.165, 1.54) is 0 Å². The summed E-state index contributed by atoms with van der Waals surface area (Å²) in [4.78, 5) is 16.3. The molecule has 1 aromatic heterocycles. The SMILES string of the molecule is CCCc1cc(C(=O)NCC(C)(C)CCO)cc(Cl)n1. The molecular weight excluding hydrogens is 276 g/mol. The Hall–Kier alpha value is -1.13. The molecule has 0 fully saturated rings. The molecular formula is C15H23ClN2O2. The number of nitrogens with zero attached hydrogens (tertiary/aromatic N) is 1. The predicted octanol–water partition coefficient (Wildman–Crippen LogP) is 2.83. The average Bonchev–Trinajstić information content (AvgIpc) is 2.35. The lowest BCUT2D eigenvalue weighted by Gasteiger charge is -2.23. The number of rotatable bonds is 7. The van der Waals surface area contributed by atoms with Crippen molar-refractivity contribution in [2.75, 3.05) is 13.2 Å². The highest BCUT2D eigenvalue weighted by molar-refractivity contribution is 6.29. The van der Waals surface area contributed by atoms with E-state index in [0.717, 1.165) is 18.5 Å². The minimum absolute atomic E-state index is 0.116. The van der Waals surface area contributed by atoms with Crippen LogP contribution in [0.1, 0.15) is 49.7 Å². The fourth-order valence-corrected chi connectivity index (χ4v) is 2.11. The topological polar surface area (TPSA) is 62.2 Å². The molecule has 1 rings (SSSR count). The van der Waals surface area contributed by atoms with E-state index >= 15 is 0 Å². The van der Waals surface area contributed by atoms with Gasteiger partial charge in [0.15, 0.2) is 0 Å². The lowest BCUT2D eigenvalue weighted by Crippen LogP contribution is -2.34. The van der Waals surface area contributed by atoms with Crippen molar-refractivity contribution in [3.05, 3.63) is 28.5 Å². The molecule has 0 unspecified atom stereocenters. The second-order valence-electron chi connectivity index (χ2n) is 5.74. The number of halogens is 1. The van der Waals surface area contributed by atoms with Gasteiger partial charge in [-0.1, -0.05) is 38.8 Å². The summed E-state index contributed by atoms with van der Waals surface area (Å²) in [6.45, 7) is 6.69. The monoisotopic (exact) mass is 298 g/mol. The maximum absolute atomic E-state index is 12.1. The van der Waals surface area contributed by atoms with Crippen molar-refractivity contribution >= 4 is 17.5 Å². The summed E-state index contributed by atoms with van der Waals surface area (Å²) in [6, 6.07) is 3.36. The number of nitrogens with one attached hydrogen (secondary N) is 1. The Morgan fingerprint density at radius 3 is 2.75 bits per heavy atom. The molecule has 2 N–H and O–H groups in total. The Morgan fingerprint density at radius 1 is 1.45 bits per heavy atom. The highest BCUT2D eigenvalue weighted by Gasteiger charge is 2.19.